The van der Waals surface area contributed by atoms with Crippen molar-refractivity contribution in [1.82, 2.24) is 0 Å². The number of rotatable bonds is 3. The first-order valence-electron chi connectivity index (χ1n) is 4.80. The minimum atomic E-state index is -3.70. The topological polar surface area (TPSA) is 97.5 Å². The van der Waals surface area contributed by atoms with Gasteiger partial charge in [0.2, 0.25) is 0 Å². The molecule has 0 radical (unpaired) electrons. The van der Waals surface area contributed by atoms with Crippen LogP contribution in [-0.2, 0) is 14.6 Å². The molecular formula is C10H10ClNO4S. The van der Waals surface area contributed by atoms with E-state index in [1.54, 1.807) is 0 Å². The summed E-state index contributed by atoms with van der Waals surface area (Å²) in [5.41, 5.74) is 3.83. The zero-order valence-corrected chi connectivity index (χ0v) is 10.2. The van der Waals surface area contributed by atoms with Crippen LogP contribution < -0.4 is 5.73 Å². The lowest BCUT2D eigenvalue weighted by Crippen LogP contribution is -2.38. The Kier molecular flexibility index (Phi) is 2.68. The molecule has 1 fully saturated rings. The molecule has 17 heavy (non-hydrogen) atoms. The monoisotopic (exact) mass is 275 g/mol. The lowest BCUT2D eigenvalue weighted by molar-refractivity contribution is -0.139. The van der Waals surface area contributed by atoms with Gasteiger partial charge in [-0.05, 0) is 30.7 Å². The molecule has 5 nitrogen and oxygen atoms in total. The van der Waals surface area contributed by atoms with Gasteiger partial charge in [-0.3, -0.25) is 4.79 Å². The highest BCUT2D eigenvalue weighted by Gasteiger charge is 2.64. The van der Waals surface area contributed by atoms with Crippen LogP contribution in [0.1, 0.15) is 6.42 Å². The summed E-state index contributed by atoms with van der Waals surface area (Å²) in [5.74, 6) is -1.29. The Morgan fingerprint density at radius 2 is 1.94 bits per heavy atom. The summed E-state index contributed by atoms with van der Waals surface area (Å²) in [6, 6.07) is 5.57. The molecular weight excluding hydrogens is 266 g/mol. The Morgan fingerprint density at radius 1 is 1.41 bits per heavy atom. The van der Waals surface area contributed by atoms with Crippen molar-refractivity contribution in [3.8, 4) is 0 Å². The molecule has 0 heterocycles. The van der Waals surface area contributed by atoms with Crippen molar-refractivity contribution < 1.29 is 18.3 Å². The Balaban J connectivity index is 2.34. The Hall–Kier alpha value is -1.11. The van der Waals surface area contributed by atoms with Crippen LogP contribution in [0.25, 0.3) is 0 Å². The van der Waals surface area contributed by atoms with Crippen LogP contribution in [0.5, 0.6) is 0 Å². The average Bonchev–Trinajstić information content (AvgIpc) is 2.94. The molecule has 1 aromatic rings. The molecule has 3 N–H and O–H groups in total. The molecule has 1 aliphatic carbocycles. The van der Waals surface area contributed by atoms with Gasteiger partial charge in [-0.1, -0.05) is 11.6 Å². The third kappa shape index (κ3) is 1.92. The minimum absolute atomic E-state index is 0.0421. The van der Waals surface area contributed by atoms with E-state index in [2.05, 4.69) is 0 Å². The molecule has 2 atom stereocenters. The van der Waals surface area contributed by atoms with E-state index in [1.165, 1.54) is 24.3 Å². The molecule has 0 spiro atoms. The van der Waals surface area contributed by atoms with Crippen molar-refractivity contribution >= 4 is 27.4 Å². The van der Waals surface area contributed by atoms with E-state index in [4.69, 9.17) is 22.4 Å². The smallest absolute Gasteiger partial charge is 0.325 e. The largest absolute Gasteiger partial charge is 0.480 e. The average molecular weight is 276 g/mol. The fourth-order valence-corrected chi connectivity index (χ4v) is 3.77. The number of hydrogen-bond acceptors (Lipinski definition) is 4. The van der Waals surface area contributed by atoms with E-state index in [-0.39, 0.29) is 11.3 Å². The van der Waals surface area contributed by atoms with Gasteiger partial charge in [0.05, 0.1) is 10.1 Å². The van der Waals surface area contributed by atoms with Crippen LogP contribution in [0.15, 0.2) is 29.2 Å². The Bertz CT molecular complexity index is 568. The molecule has 0 aliphatic heterocycles. The van der Waals surface area contributed by atoms with Crippen molar-refractivity contribution in [3.63, 3.8) is 0 Å². The second kappa shape index (κ2) is 3.69. The quantitative estimate of drug-likeness (QED) is 0.845. The molecule has 1 aliphatic rings. The maximum absolute atomic E-state index is 12.0. The van der Waals surface area contributed by atoms with Gasteiger partial charge in [0.1, 0.15) is 5.54 Å². The zero-order valence-electron chi connectivity index (χ0n) is 8.63. The SMILES string of the molecule is N[C@@]1(C(=O)O)C[C@@H]1S(=O)(=O)c1ccc(Cl)cc1. The van der Waals surface area contributed by atoms with Gasteiger partial charge in [-0.25, -0.2) is 8.42 Å². The number of halogens is 1. The molecule has 2 rings (SSSR count). The summed E-state index contributed by atoms with van der Waals surface area (Å²) >= 11 is 5.65. The standard InChI is InChI=1S/C10H10ClNO4S/c11-6-1-3-7(4-2-6)17(15,16)8-5-10(8,12)9(13)14/h1-4,8H,5,12H2,(H,13,14)/t8-,10-/m0/s1. The van der Waals surface area contributed by atoms with Gasteiger partial charge in [0.15, 0.2) is 9.84 Å². The van der Waals surface area contributed by atoms with Crippen molar-refractivity contribution in [2.24, 2.45) is 5.73 Å². The molecule has 1 saturated carbocycles. The first-order chi connectivity index (χ1) is 7.78. The number of hydrogen-bond donors (Lipinski definition) is 2. The number of benzene rings is 1. The van der Waals surface area contributed by atoms with E-state index >= 15 is 0 Å². The van der Waals surface area contributed by atoms with Crippen LogP contribution in [0.4, 0.5) is 0 Å². The molecule has 92 valence electrons. The van der Waals surface area contributed by atoms with E-state index in [0.29, 0.717) is 5.02 Å². The van der Waals surface area contributed by atoms with E-state index < -0.39 is 26.6 Å². The zero-order chi connectivity index (χ0) is 12.8. The second-order valence-corrected chi connectivity index (χ2v) is 6.60. The fourth-order valence-electron chi connectivity index (χ4n) is 1.65. The van der Waals surface area contributed by atoms with Crippen LogP contribution in [-0.4, -0.2) is 30.3 Å². The highest BCUT2D eigenvalue weighted by atomic mass is 35.5. The van der Waals surface area contributed by atoms with Crippen molar-refractivity contribution in [2.75, 3.05) is 0 Å². The molecule has 0 aromatic heterocycles. The molecule has 0 amide bonds. The summed E-state index contributed by atoms with van der Waals surface area (Å²) in [6.07, 6.45) is -0.0622. The van der Waals surface area contributed by atoms with Crippen LogP contribution in [0.3, 0.4) is 0 Å². The van der Waals surface area contributed by atoms with Crippen molar-refractivity contribution in [3.05, 3.63) is 29.3 Å². The predicted octanol–water partition coefficient (Wildman–Crippen LogP) is 0.668. The van der Waals surface area contributed by atoms with E-state index in [9.17, 15) is 13.2 Å². The summed E-state index contributed by atoms with van der Waals surface area (Å²) in [4.78, 5) is 10.9. The highest BCUT2D eigenvalue weighted by molar-refractivity contribution is 7.92. The van der Waals surface area contributed by atoms with Gasteiger partial charge in [0, 0.05) is 5.02 Å². The number of aliphatic carboxylic acids is 1. The third-order valence-corrected chi connectivity index (χ3v) is 5.37. The van der Waals surface area contributed by atoms with Gasteiger partial charge >= 0.3 is 5.97 Å². The Labute approximate surface area is 103 Å². The number of carboxylic acid groups (broad SMARTS) is 1. The minimum Gasteiger partial charge on any atom is -0.480 e. The molecule has 0 saturated heterocycles. The van der Waals surface area contributed by atoms with Crippen LogP contribution in [0.2, 0.25) is 5.02 Å². The van der Waals surface area contributed by atoms with Crippen molar-refractivity contribution in [2.45, 2.75) is 22.1 Å². The summed E-state index contributed by atoms with van der Waals surface area (Å²) in [6.45, 7) is 0. The van der Waals surface area contributed by atoms with Gasteiger partial charge in [-0.2, -0.15) is 0 Å². The van der Waals surface area contributed by atoms with E-state index in [0.717, 1.165) is 0 Å². The maximum atomic E-state index is 12.0. The molecule has 0 unspecified atom stereocenters. The molecule has 1 aromatic carbocycles. The lowest BCUT2D eigenvalue weighted by atomic mass is 10.3. The summed E-state index contributed by atoms with van der Waals surface area (Å²) in [7, 11) is -3.70. The van der Waals surface area contributed by atoms with Crippen LogP contribution in [0, 0.1) is 0 Å². The van der Waals surface area contributed by atoms with Crippen LogP contribution >= 0.6 is 11.6 Å². The number of carbonyl (C=O) groups is 1. The first kappa shape index (κ1) is 12.3. The molecule has 0 bridgehead atoms. The Morgan fingerprint density at radius 3 is 2.35 bits per heavy atom. The second-order valence-electron chi connectivity index (χ2n) is 4.04. The fraction of sp³-hybridized carbons (Fsp3) is 0.300. The summed E-state index contributed by atoms with van der Waals surface area (Å²) in [5, 5.41) is 8.18. The number of nitrogens with two attached hydrogens (primary N) is 1. The number of carboxylic acids is 1. The van der Waals surface area contributed by atoms with Gasteiger partial charge in [-0.15, -0.1) is 0 Å². The molecule has 7 heteroatoms. The van der Waals surface area contributed by atoms with E-state index in [1.807, 2.05) is 0 Å². The van der Waals surface area contributed by atoms with Gasteiger partial charge < -0.3 is 10.8 Å². The number of sulfone groups is 1. The first-order valence-corrected chi connectivity index (χ1v) is 6.72. The third-order valence-electron chi connectivity index (χ3n) is 2.85. The maximum Gasteiger partial charge on any atom is 0.325 e. The predicted molar refractivity (Wildman–Crippen MR) is 61.6 cm³/mol. The van der Waals surface area contributed by atoms with Gasteiger partial charge in [0.25, 0.3) is 0 Å². The summed E-state index contributed by atoms with van der Waals surface area (Å²) < 4.78 is 24.1. The lowest BCUT2D eigenvalue weighted by Gasteiger charge is -2.07. The normalized spacial score (nSPS) is 27.8. The highest BCUT2D eigenvalue weighted by Crippen LogP contribution is 2.42. The van der Waals surface area contributed by atoms with Crippen molar-refractivity contribution in [1.29, 1.82) is 0 Å².